The summed E-state index contributed by atoms with van der Waals surface area (Å²) in [6, 6.07) is 6.05. The first kappa shape index (κ1) is 23.4. The minimum atomic E-state index is -1.05. The first-order chi connectivity index (χ1) is 16.4. The van der Waals surface area contributed by atoms with Crippen molar-refractivity contribution in [3.05, 3.63) is 58.3 Å². The van der Waals surface area contributed by atoms with Gasteiger partial charge in [0.2, 0.25) is 5.91 Å². The molecule has 1 aliphatic rings. The second-order valence-electron chi connectivity index (χ2n) is 7.74. The number of hydrogen-bond donors (Lipinski definition) is 2. The van der Waals surface area contributed by atoms with Crippen molar-refractivity contribution >= 4 is 34.9 Å². The Labute approximate surface area is 198 Å². The first-order valence-corrected chi connectivity index (χ1v) is 11.6. The number of anilines is 1. The van der Waals surface area contributed by atoms with Gasteiger partial charge in [0.25, 0.3) is 0 Å². The number of nitrogens with one attached hydrogen (secondary N) is 1. The number of carboxylic acid groups (broad SMARTS) is 1. The molecule has 12 heteroatoms. The number of carboxylic acids is 1. The van der Waals surface area contributed by atoms with Gasteiger partial charge in [-0.3, -0.25) is 4.79 Å². The third-order valence-electron chi connectivity index (χ3n) is 5.57. The normalized spacial score (nSPS) is 15.4. The molecule has 10 nitrogen and oxygen atoms in total. The van der Waals surface area contributed by atoms with E-state index in [0.29, 0.717) is 43.0 Å². The maximum Gasteiger partial charge on any atom is 0.348 e. The molecule has 3 aromatic rings. The van der Waals surface area contributed by atoms with E-state index in [1.165, 1.54) is 33.8 Å². The number of amides is 3. The van der Waals surface area contributed by atoms with E-state index < -0.39 is 23.9 Å². The van der Waals surface area contributed by atoms with Gasteiger partial charge in [-0.15, -0.1) is 16.4 Å². The first-order valence-electron chi connectivity index (χ1n) is 10.7. The lowest BCUT2D eigenvalue weighted by Gasteiger charge is -2.29. The van der Waals surface area contributed by atoms with Crippen LogP contribution < -0.4 is 5.32 Å². The van der Waals surface area contributed by atoms with Crippen molar-refractivity contribution in [2.45, 2.75) is 32.4 Å². The zero-order valence-electron chi connectivity index (χ0n) is 18.3. The molecular weight excluding hydrogens is 463 g/mol. The van der Waals surface area contributed by atoms with Gasteiger partial charge in [0.15, 0.2) is 0 Å². The van der Waals surface area contributed by atoms with E-state index in [0.717, 1.165) is 11.3 Å². The Morgan fingerprint density at radius 1 is 1.26 bits per heavy atom. The summed E-state index contributed by atoms with van der Waals surface area (Å²) in [6.45, 7) is 2.84. The Hall–Kier alpha value is -3.80. The smallest absolute Gasteiger partial charge is 0.348 e. The molecule has 0 saturated carbocycles. The minimum absolute atomic E-state index is 0.147. The van der Waals surface area contributed by atoms with E-state index in [4.69, 9.17) is 0 Å². The fourth-order valence-electron chi connectivity index (χ4n) is 3.88. The summed E-state index contributed by atoms with van der Waals surface area (Å²) in [5.41, 5.74) is 1.35. The number of urea groups is 1. The zero-order valence-corrected chi connectivity index (χ0v) is 19.2. The molecule has 0 aliphatic carbocycles. The molecular formula is C22H23FN6O4S. The van der Waals surface area contributed by atoms with Gasteiger partial charge in [-0.2, -0.15) is 0 Å². The SMILES string of the molecule is CCN(Cc1cn(-c2ccsc2C(=O)O)nn1)C(=O)C1CCCN1C(=O)Nc1ccc(F)cc1. The van der Waals surface area contributed by atoms with Crippen molar-refractivity contribution in [1.29, 1.82) is 0 Å². The highest BCUT2D eigenvalue weighted by molar-refractivity contribution is 7.12. The van der Waals surface area contributed by atoms with Crippen LogP contribution in [0, 0.1) is 5.82 Å². The van der Waals surface area contributed by atoms with Gasteiger partial charge >= 0.3 is 12.0 Å². The lowest BCUT2D eigenvalue weighted by atomic mass is 10.2. The summed E-state index contributed by atoms with van der Waals surface area (Å²) in [7, 11) is 0. The summed E-state index contributed by atoms with van der Waals surface area (Å²) in [4.78, 5) is 40.7. The lowest BCUT2D eigenvalue weighted by Crippen LogP contribution is -2.48. The van der Waals surface area contributed by atoms with Crippen LogP contribution in [0.4, 0.5) is 14.9 Å². The van der Waals surface area contributed by atoms with Gasteiger partial charge in [-0.25, -0.2) is 18.7 Å². The van der Waals surface area contributed by atoms with Crippen molar-refractivity contribution < 1.29 is 23.9 Å². The fraction of sp³-hybridized carbons (Fsp3) is 0.318. The average molecular weight is 487 g/mol. The molecule has 1 aliphatic heterocycles. The van der Waals surface area contributed by atoms with Crippen LogP contribution in [0.2, 0.25) is 0 Å². The van der Waals surface area contributed by atoms with E-state index in [9.17, 15) is 23.9 Å². The molecule has 0 bridgehead atoms. The molecule has 2 N–H and O–H groups in total. The van der Waals surface area contributed by atoms with Crippen molar-refractivity contribution in [2.24, 2.45) is 0 Å². The Morgan fingerprint density at radius 3 is 2.74 bits per heavy atom. The van der Waals surface area contributed by atoms with Crippen LogP contribution >= 0.6 is 11.3 Å². The molecule has 34 heavy (non-hydrogen) atoms. The standard InChI is InChI=1S/C22H23FN6O4S/c1-2-27(12-16-13-29(26-25-16)17-9-11-34-19(17)21(31)32)20(30)18-4-3-10-28(18)22(33)24-15-7-5-14(23)6-8-15/h5-9,11,13,18H,2-4,10,12H2,1H3,(H,24,33)(H,31,32). The number of aromatic carboxylic acids is 1. The maximum absolute atomic E-state index is 13.3. The van der Waals surface area contributed by atoms with E-state index in [2.05, 4.69) is 15.6 Å². The number of benzene rings is 1. The predicted molar refractivity (Wildman–Crippen MR) is 122 cm³/mol. The highest BCUT2D eigenvalue weighted by atomic mass is 32.1. The van der Waals surface area contributed by atoms with E-state index in [1.807, 2.05) is 6.92 Å². The molecule has 2 aromatic heterocycles. The fourth-order valence-corrected chi connectivity index (χ4v) is 4.59. The van der Waals surface area contributed by atoms with Crippen LogP contribution in [0.25, 0.3) is 5.69 Å². The van der Waals surface area contributed by atoms with Crippen LogP contribution in [0.15, 0.2) is 41.9 Å². The van der Waals surface area contributed by atoms with Crippen LogP contribution in [0.3, 0.4) is 0 Å². The number of rotatable bonds is 7. The predicted octanol–water partition coefficient (Wildman–Crippen LogP) is 3.21. The number of hydrogen-bond acceptors (Lipinski definition) is 6. The van der Waals surface area contributed by atoms with Gasteiger partial charge in [0, 0.05) is 18.8 Å². The molecule has 1 fully saturated rings. The molecule has 178 valence electrons. The molecule has 1 atom stereocenters. The van der Waals surface area contributed by atoms with Crippen LogP contribution in [-0.4, -0.2) is 66.9 Å². The van der Waals surface area contributed by atoms with E-state index in [-0.39, 0.29) is 17.3 Å². The highest BCUT2D eigenvalue weighted by Gasteiger charge is 2.36. The molecule has 1 saturated heterocycles. The summed E-state index contributed by atoms with van der Waals surface area (Å²) in [5, 5.41) is 21.8. The van der Waals surface area contributed by atoms with E-state index in [1.54, 1.807) is 22.5 Å². The maximum atomic E-state index is 13.3. The lowest BCUT2D eigenvalue weighted by molar-refractivity contribution is -0.135. The number of likely N-dealkylation sites (tertiary alicyclic amines) is 1. The van der Waals surface area contributed by atoms with Crippen LogP contribution in [0.1, 0.15) is 35.1 Å². The average Bonchev–Trinajstić information content (AvgIpc) is 3.58. The molecule has 3 heterocycles. The van der Waals surface area contributed by atoms with Crippen molar-refractivity contribution in [3.8, 4) is 5.69 Å². The second kappa shape index (κ2) is 10.00. The molecule has 1 unspecified atom stereocenters. The monoisotopic (exact) mass is 486 g/mol. The molecule has 1 aromatic carbocycles. The van der Waals surface area contributed by atoms with Gasteiger partial charge < -0.3 is 20.2 Å². The van der Waals surface area contributed by atoms with Gasteiger partial charge in [0.05, 0.1) is 18.4 Å². The highest BCUT2D eigenvalue weighted by Crippen LogP contribution is 2.23. The summed E-state index contributed by atoms with van der Waals surface area (Å²) in [5.74, 6) is -1.65. The number of halogens is 1. The second-order valence-corrected chi connectivity index (χ2v) is 8.65. The number of carbonyl (C=O) groups is 3. The topological polar surface area (TPSA) is 121 Å². The van der Waals surface area contributed by atoms with Crippen molar-refractivity contribution in [2.75, 3.05) is 18.4 Å². The Morgan fingerprint density at radius 2 is 2.03 bits per heavy atom. The Kier molecular flexibility index (Phi) is 6.87. The summed E-state index contributed by atoms with van der Waals surface area (Å²) >= 11 is 1.09. The third kappa shape index (κ3) is 4.91. The molecule has 3 amide bonds. The number of aromatic nitrogens is 3. The van der Waals surface area contributed by atoms with Gasteiger partial charge in [0.1, 0.15) is 22.4 Å². The van der Waals surface area contributed by atoms with E-state index >= 15 is 0 Å². The molecule has 4 rings (SSSR count). The largest absolute Gasteiger partial charge is 0.477 e. The van der Waals surface area contributed by atoms with Crippen molar-refractivity contribution in [1.82, 2.24) is 24.8 Å². The number of thiophene rings is 1. The van der Waals surface area contributed by atoms with Gasteiger partial charge in [-0.05, 0) is 55.5 Å². The third-order valence-corrected chi connectivity index (χ3v) is 6.46. The van der Waals surface area contributed by atoms with Crippen LogP contribution in [-0.2, 0) is 11.3 Å². The number of nitrogens with zero attached hydrogens (tertiary/aromatic N) is 5. The van der Waals surface area contributed by atoms with Crippen LogP contribution in [0.5, 0.6) is 0 Å². The quantitative estimate of drug-likeness (QED) is 0.529. The minimum Gasteiger partial charge on any atom is -0.477 e. The number of likely N-dealkylation sites (N-methyl/N-ethyl adjacent to an activating group) is 1. The van der Waals surface area contributed by atoms with Crippen molar-refractivity contribution in [3.63, 3.8) is 0 Å². The number of carbonyl (C=O) groups excluding carboxylic acids is 2. The summed E-state index contributed by atoms with van der Waals surface area (Å²) in [6.07, 6.45) is 2.82. The van der Waals surface area contributed by atoms with Gasteiger partial charge in [-0.1, -0.05) is 5.21 Å². The molecule has 0 radical (unpaired) electrons. The molecule has 0 spiro atoms. The zero-order chi connectivity index (χ0) is 24.2. The Balaban J connectivity index is 1.44. The Bertz CT molecular complexity index is 1190. The summed E-state index contributed by atoms with van der Waals surface area (Å²) < 4.78 is 14.5.